The van der Waals surface area contributed by atoms with Gasteiger partial charge in [-0.3, -0.25) is 14.2 Å². The number of hydrogen-bond donors (Lipinski definition) is 1. The molecule has 226 valence electrons. The number of amides is 1. The maximum atomic E-state index is 14.0. The summed E-state index contributed by atoms with van der Waals surface area (Å²) in [7, 11) is -1.91. The first-order chi connectivity index (χ1) is 20.6. The molecule has 6 rings (SSSR count). The molecule has 1 amide bonds. The quantitative estimate of drug-likeness (QED) is 0.337. The molecular weight excluding hydrogens is 634 g/mol. The van der Waals surface area contributed by atoms with Gasteiger partial charge in [0.15, 0.2) is 0 Å². The van der Waals surface area contributed by atoms with Gasteiger partial charge in [-0.2, -0.15) is 4.31 Å². The van der Waals surface area contributed by atoms with E-state index in [2.05, 4.69) is 20.9 Å². The summed E-state index contributed by atoms with van der Waals surface area (Å²) in [5.41, 5.74) is 0.171. The summed E-state index contributed by atoms with van der Waals surface area (Å²) in [6.45, 7) is 1.25. The van der Waals surface area contributed by atoms with Crippen LogP contribution in [0, 0.1) is 5.92 Å². The molecule has 10 nitrogen and oxygen atoms in total. The van der Waals surface area contributed by atoms with Crippen molar-refractivity contribution in [2.75, 3.05) is 26.2 Å². The van der Waals surface area contributed by atoms with Crippen LogP contribution in [0.3, 0.4) is 0 Å². The van der Waals surface area contributed by atoms with Crippen molar-refractivity contribution in [1.29, 1.82) is 0 Å². The number of fused-ring (bicyclic) bond motifs is 1. The monoisotopic (exact) mass is 667 g/mol. The molecule has 1 N–H and O–H groups in total. The second-order valence-corrected chi connectivity index (χ2v) is 14.5. The lowest BCUT2D eigenvalue weighted by atomic mass is 9.80. The standard InChI is InChI=1S/C31H34BrN5O5S/c1-34-15-11-26-28(34)33-21-36(30(26)39)20-31(40)13-17-35(18-14-31)29(38)25-12-16-37(19-27(25)22-5-3-2-4-6-22)43(41,42)24-9-7-23(32)8-10-24/h2-11,15,21,25,27,40H,12-14,16-20H2,1H3/t25-,27+/m1/s1. The first-order valence-corrected chi connectivity index (χ1v) is 16.6. The Balaban J connectivity index is 1.17. The number of sulfonamides is 1. The van der Waals surface area contributed by atoms with Crippen LogP contribution in [0.5, 0.6) is 0 Å². The largest absolute Gasteiger partial charge is 0.388 e. The average Bonchev–Trinajstić information content (AvgIpc) is 3.40. The van der Waals surface area contributed by atoms with E-state index < -0.39 is 21.5 Å². The van der Waals surface area contributed by atoms with E-state index in [1.54, 1.807) is 46.0 Å². The molecule has 2 aliphatic rings. The zero-order valence-electron chi connectivity index (χ0n) is 23.8. The topological polar surface area (TPSA) is 118 Å². The van der Waals surface area contributed by atoms with Gasteiger partial charge in [0.05, 0.1) is 22.4 Å². The highest BCUT2D eigenvalue weighted by molar-refractivity contribution is 9.10. The Kier molecular flexibility index (Phi) is 8.05. The predicted octanol–water partition coefficient (Wildman–Crippen LogP) is 3.35. The van der Waals surface area contributed by atoms with Crippen LogP contribution in [0.25, 0.3) is 11.0 Å². The van der Waals surface area contributed by atoms with Crippen LogP contribution in [-0.4, -0.2) is 74.5 Å². The third-order valence-electron chi connectivity index (χ3n) is 8.89. The number of aromatic nitrogens is 3. The zero-order chi connectivity index (χ0) is 30.4. The molecule has 4 heterocycles. The van der Waals surface area contributed by atoms with E-state index in [0.717, 1.165) is 10.0 Å². The number of carbonyl (C=O) groups excluding carboxylic acids is 1. The lowest BCUT2D eigenvalue weighted by Crippen LogP contribution is -2.53. The van der Waals surface area contributed by atoms with Crippen LogP contribution in [0.1, 0.15) is 30.7 Å². The molecule has 2 fully saturated rings. The lowest BCUT2D eigenvalue weighted by Gasteiger charge is -2.43. The van der Waals surface area contributed by atoms with E-state index in [4.69, 9.17) is 0 Å². The normalized spacial score (nSPS) is 21.2. The van der Waals surface area contributed by atoms with Crippen molar-refractivity contribution in [3.8, 4) is 0 Å². The average molecular weight is 669 g/mol. The van der Waals surface area contributed by atoms with Crippen LogP contribution in [0.4, 0.5) is 0 Å². The summed E-state index contributed by atoms with van der Waals surface area (Å²) in [5, 5.41) is 11.9. The number of rotatable bonds is 6. The Labute approximate surface area is 258 Å². The molecule has 4 aromatic rings. The molecule has 0 radical (unpaired) electrons. The summed E-state index contributed by atoms with van der Waals surface area (Å²) in [6.07, 6.45) is 4.30. The van der Waals surface area contributed by atoms with Crippen LogP contribution in [0.2, 0.25) is 0 Å². The van der Waals surface area contributed by atoms with Gasteiger partial charge in [0, 0.05) is 55.7 Å². The Hall–Kier alpha value is -3.32. The summed E-state index contributed by atoms with van der Waals surface area (Å²) < 4.78 is 32.6. The molecule has 0 unspecified atom stereocenters. The van der Waals surface area contributed by atoms with Gasteiger partial charge in [-0.15, -0.1) is 0 Å². The highest BCUT2D eigenvalue weighted by Crippen LogP contribution is 2.37. The van der Waals surface area contributed by atoms with Crippen molar-refractivity contribution in [2.24, 2.45) is 13.0 Å². The highest BCUT2D eigenvalue weighted by Gasteiger charge is 2.43. The molecule has 0 saturated carbocycles. The van der Waals surface area contributed by atoms with Gasteiger partial charge in [-0.05, 0) is 55.2 Å². The first kappa shape index (κ1) is 29.7. The minimum Gasteiger partial charge on any atom is -0.388 e. The maximum Gasteiger partial charge on any atom is 0.262 e. The predicted molar refractivity (Wildman–Crippen MR) is 166 cm³/mol. The Bertz CT molecular complexity index is 1800. The molecule has 2 aromatic heterocycles. The molecule has 12 heteroatoms. The van der Waals surface area contributed by atoms with Crippen molar-refractivity contribution >= 4 is 42.9 Å². The van der Waals surface area contributed by atoms with Gasteiger partial charge in [-0.25, -0.2) is 13.4 Å². The van der Waals surface area contributed by atoms with E-state index in [-0.39, 0.29) is 41.9 Å². The fourth-order valence-corrected chi connectivity index (χ4v) is 8.12. The minimum atomic E-state index is -3.73. The Morgan fingerprint density at radius 3 is 2.44 bits per heavy atom. The number of hydrogen-bond acceptors (Lipinski definition) is 6. The van der Waals surface area contributed by atoms with Crippen molar-refractivity contribution in [3.63, 3.8) is 0 Å². The maximum absolute atomic E-state index is 14.0. The van der Waals surface area contributed by atoms with E-state index >= 15 is 0 Å². The number of nitrogens with zero attached hydrogens (tertiary/aromatic N) is 5. The number of likely N-dealkylation sites (tertiary alicyclic amines) is 1. The van der Waals surface area contributed by atoms with Crippen molar-refractivity contribution < 1.29 is 18.3 Å². The Morgan fingerprint density at radius 1 is 1.05 bits per heavy atom. The van der Waals surface area contributed by atoms with Gasteiger partial charge < -0.3 is 14.6 Å². The molecule has 0 aliphatic carbocycles. The summed E-state index contributed by atoms with van der Waals surface area (Å²) in [5.74, 6) is -0.728. The van der Waals surface area contributed by atoms with Gasteiger partial charge in [-0.1, -0.05) is 46.3 Å². The zero-order valence-corrected chi connectivity index (χ0v) is 26.2. The molecular formula is C31H34BrN5O5S. The van der Waals surface area contributed by atoms with Gasteiger partial charge >= 0.3 is 0 Å². The number of halogens is 1. The third-order valence-corrected chi connectivity index (χ3v) is 11.3. The fraction of sp³-hybridized carbons (Fsp3) is 0.387. The fourth-order valence-electron chi connectivity index (χ4n) is 6.38. The van der Waals surface area contributed by atoms with E-state index in [0.29, 0.717) is 43.4 Å². The third kappa shape index (κ3) is 5.81. The second-order valence-electron chi connectivity index (χ2n) is 11.6. The number of aliphatic hydroxyl groups is 1. The number of aryl methyl sites for hydroxylation is 1. The van der Waals surface area contributed by atoms with Crippen LogP contribution < -0.4 is 5.56 Å². The number of carbonyl (C=O) groups is 1. The molecule has 0 bridgehead atoms. The number of benzene rings is 2. The minimum absolute atomic E-state index is 0.0267. The van der Waals surface area contributed by atoms with Gasteiger partial charge in [0.2, 0.25) is 15.9 Å². The summed E-state index contributed by atoms with van der Waals surface area (Å²) >= 11 is 3.36. The molecule has 2 aromatic carbocycles. The van der Waals surface area contributed by atoms with E-state index in [9.17, 15) is 23.1 Å². The molecule has 2 aliphatic heterocycles. The van der Waals surface area contributed by atoms with Crippen LogP contribution in [-0.2, 0) is 28.4 Å². The second kappa shape index (κ2) is 11.6. The first-order valence-electron chi connectivity index (χ1n) is 14.4. The summed E-state index contributed by atoms with van der Waals surface area (Å²) in [6, 6.07) is 17.9. The van der Waals surface area contributed by atoms with Crippen molar-refractivity contribution in [1.82, 2.24) is 23.3 Å². The van der Waals surface area contributed by atoms with Gasteiger partial charge in [0.25, 0.3) is 5.56 Å². The number of piperidine rings is 2. The lowest BCUT2D eigenvalue weighted by molar-refractivity contribution is -0.142. The summed E-state index contributed by atoms with van der Waals surface area (Å²) in [4.78, 5) is 33.4. The molecule has 2 saturated heterocycles. The van der Waals surface area contributed by atoms with Gasteiger partial charge in [0.1, 0.15) is 12.0 Å². The molecule has 0 spiro atoms. The van der Waals surface area contributed by atoms with E-state index in [1.165, 1.54) is 15.2 Å². The van der Waals surface area contributed by atoms with Crippen molar-refractivity contribution in [3.05, 3.63) is 93.6 Å². The van der Waals surface area contributed by atoms with Crippen LogP contribution >= 0.6 is 15.9 Å². The Morgan fingerprint density at radius 2 is 1.74 bits per heavy atom. The molecule has 2 atom stereocenters. The highest BCUT2D eigenvalue weighted by atomic mass is 79.9. The van der Waals surface area contributed by atoms with E-state index in [1.807, 2.05) is 37.4 Å². The smallest absolute Gasteiger partial charge is 0.262 e. The van der Waals surface area contributed by atoms with Crippen LogP contribution in [0.15, 0.2) is 87.4 Å². The van der Waals surface area contributed by atoms with Crippen molar-refractivity contribution in [2.45, 2.75) is 42.2 Å². The molecule has 43 heavy (non-hydrogen) atoms. The SMILES string of the molecule is Cn1ccc2c(=O)n(CC3(O)CCN(C(=O)[C@@H]4CCN(S(=O)(=O)c5ccc(Br)cc5)C[C@H]4c4ccccc4)CC3)cnc21.